The van der Waals surface area contributed by atoms with Gasteiger partial charge >= 0.3 is 0 Å². The predicted octanol–water partition coefficient (Wildman–Crippen LogP) is 0.632. The van der Waals surface area contributed by atoms with Crippen molar-refractivity contribution in [2.75, 3.05) is 25.4 Å². The molecule has 1 N–H and O–H groups in total. The molecule has 20 heavy (non-hydrogen) atoms. The number of nitrogens with one attached hydrogen (secondary N) is 1. The van der Waals surface area contributed by atoms with Crippen LogP contribution in [0.5, 0.6) is 0 Å². The number of tetrazole rings is 1. The molecule has 0 saturated carbocycles. The lowest BCUT2D eigenvalue weighted by Crippen LogP contribution is -2.32. The minimum atomic E-state index is 0.120. The SMILES string of the molecule is CCN(CC)C(=O)CSc1nnnn1CCNC(C)C. The number of nitrogens with zero attached hydrogens (tertiary/aromatic N) is 5. The van der Waals surface area contributed by atoms with Gasteiger partial charge in [0.2, 0.25) is 11.1 Å². The lowest BCUT2D eigenvalue weighted by molar-refractivity contribution is -0.127. The molecule has 0 atom stereocenters. The molecule has 0 aromatic carbocycles. The van der Waals surface area contributed by atoms with E-state index in [0.29, 0.717) is 23.5 Å². The summed E-state index contributed by atoms with van der Waals surface area (Å²) in [7, 11) is 0. The highest BCUT2D eigenvalue weighted by atomic mass is 32.2. The summed E-state index contributed by atoms with van der Waals surface area (Å²) in [6.45, 7) is 11.1. The second-order valence-electron chi connectivity index (χ2n) is 4.65. The molecule has 0 fully saturated rings. The Hall–Kier alpha value is -1.15. The summed E-state index contributed by atoms with van der Waals surface area (Å²) in [5, 5.41) is 15.6. The number of rotatable bonds is 9. The van der Waals surface area contributed by atoms with E-state index in [0.717, 1.165) is 19.6 Å². The smallest absolute Gasteiger partial charge is 0.233 e. The Bertz CT molecular complexity index is 404. The summed E-state index contributed by atoms with van der Waals surface area (Å²) in [4.78, 5) is 13.7. The van der Waals surface area contributed by atoms with Crippen molar-refractivity contribution < 1.29 is 4.79 Å². The van der Waals surface area contributed by atoms with E-state index in [1.54, 1.807) is 9.58 Å². The highest BCUT2D eigenvalue weighted by molar-refractivity contribution is 7.99. The highest BCUT2D eigenvalue weighted by Crippen LogP contribution is 2.14. The number of carbonyl (C=O) groups excluding carboxylic acids is 1. The van der Waals surface area contributed by atoms with Crippen molar-refractivity contribution in [1.82, 2.24) is 30.4 Å². The van der Waals surface area contributed by atoms with Gasteiger partial charge in [0.15, 0.2) is 0 Å². The second kappa shape index (κ2) is 8.91. The first-order valence-electron chi connectivity index (χ1n) is 6.98. The molecule has 0 unspecified atom stereocenters. The van der Waals surface area contributed by atoms with Crippen molar-refractivity contribution in [1.29, 1.82) is 0 Å². The van der Waals surface area contributed by atoms with Gasteiger partial charge in [-0.15, -0.1) is 5.10 Å². The van der Waals surface area contributed by atoms with Crippen LogP contribution in [0.3, 0.4) is 0 Å². The molecule has 0 saturated heterocycles. The van der Waals surface area contributed by atoms with Gasteiger partial charge in [-0.2, -0.15) is 0 Å². The van der Waals surface area contributed by atoms with Crippen molar-refractivity contribution in [3.8, 4) is 0 Å². The fourth-order valence-electron chi connectivity index (χ4n) is 1.69. The lowest BCUT2D eigenvalue weighted by atomic mass is 10.4. The first-order valence-corrected chi connectivity index (χ1v) is 7.97. The molecule has 1 aromatic rings. The second-order valence-corrected chi connectivity index (χ2v) is 5.59. The quantitative estimate of drug-likeness (QED) is 0.674. The van der Waals surface area contributed by atoms with Crippen LogP contribution in [0.4, 0.5) is 0 Å². The van der Waals surface area contributed by atoms with E-state index in [-0.39, 0.29) is 5.91 Å². The van der Waals surface area contributed by atoms with Gasteiger partial charge < -0.3 is 10.2 Å². The Labute approximate surface area is 124 Å². The molecule has 0 aliphatic rings. The zero-order valence-corrected chi connectivity index (χ0v) is 13.5. The van der Waals surface area contributed by atoms with Gasteiger partial charge in [0.1, 0.15) is 0 Å². The molecule has 1 heterocycles. The average Bonchev–Trinajstić information content (AvgIpc) is 2.85. The van der Waals surface area contributed by atoms with Gasteiger partial charge in [-0.3, -0.25) is 4.79 Å². The molecule has 1 rings (SSSR count). The van der Waals surface area contributed by atoms with Crippen LogP contribution in [-0.4, -0.2) is 62.4 Å². The molecule has 8 heteroatoms. The Morgan fingerprint density at radius 2 is 2.10 bits per heavy atom. The van der Waals surface area contributed by atoms with Crippen molar-refractivity contribution in [2.24, 2.45) is 0 Å². The Balaban J connectivity index is 2.44. The van der Waals surface area contributed by atoms with E-state index >= 15 is 0 Å². The van der Waals surface area contributed by atoms with Crippen LogP contribution in [0.2, 0.25) is 0 Å². The molecule has 0 radical (unpaired) electrons. The third-order valence-electron chi connectivity index (χ3n) is 2.82. The van der Waals surface area contributed by atoms with Crippen molar-refractivity contribution in [3.63, 3.8) is 0 Å². The summed E-state index contributed by atoms with van der Waals surface area (Å²) in [6.07, 6.45) is 0. The van der Waals surface area contributed by atoms with E-state index < -0.39 is 0 Å². The van der Waals surface area contributed by atoms with Crippen molar-refractivity contribution in [3.05, 3.63) is 0 Å². The number of carbonyl (C=O) groups is 1. The van der Waals surface area contributed by atoms with Gasteiger partial charge in [-0.1, -0.05) is 25.6 Å². The topological polar surface area (TPSA) is 75.9 Å². The number of thioether (sulfide) groups is 1. The van der Waals surface area contributed by atoms with Crippen LogP contribution in [0, 0.1) is 0 Å². The standard InChI is InChI=1S/C12H24N6OS/c1-5-17(6-2)11(19)9-20-12-14-15-16-18(12)8-7-13-10(3)4/h10,13H,5-9H2,1-4H3. The molecular formula is C12H24N6OS. The maximum Gasteiger partial charge on any atom is 0.233 e. The fraction of sp³-hybridized carbons (Fsp3) is 0.833. The monoisotopic (exact) mass is 300 g/mol. The third-order valence-corrected chi connectivity index (χ3v) is 3.76. The summed E-state index contributed by atoms with van der Waals surface area (Å²) >= 11 is 1.39. The third kappa shape index (κ3) is 5.46. The van der Waals surface area contributed by atoms with E-state index in [1.807, 2.05) is 13.8 Å². The molecule has 0 spiro atoms. The van der Waals surface area contributed by atoms with Crippen LogP contribution in [0.25, 0.3) is 0 Å². The molecular weight excluding hydrogens is 276 g/mol. The summed E-state index contributed by atoms with van der Waals surface area (Å²) in [5.41, 5.74) is 0. The average molecular weight is 300 g/mol. The first-order chi connectivity index (χ1) is 9.58. The summed E-state index contributed by atoms with van der Waals surface area (Å²) in [6, 6.07) is 0.437. The van der Waals surface area contributed by atoms with Gasteiger partial charge in [0.05, 0.1) is 12.3 Å². The maximum absolute atomic E-state index is 11.9. The molecule has 114 valence electrons. The Morgan fingerprint density at radius 3 is 2.70 bits per heavy atom. The van der Waals surface area contributed by atoms with Crippen LogP contribution in [-0.2, 0) is 11.3 Å². The molecule has 1 amide bonds. The van der Waals surface area contributed by atoms with Gasteiger partial charge in [-0.05, 0) is 24.3 Å². The Kier molecular flexibility index (Phi) is 7.53. The number of aromatic nitrogens is 4. The van der Waals surface area contributed by atoms with E-state index in [4.69, 9.17) is 0 Å². The maximum atomic E-state index is 11.9. The van der Waals surface area contributed by atoms with Crippen LogP contribution >= 0.6 is 11.8 Å². The summed E-state index contributed by atoms with van der Waals surface area (Å²) < 4.78 is 1.73. The number of amides is 1. The van der Waals surface area contributed by atoms with Crippen LogP contribution in [0.15, 0.2) is 5.16 Å². The van der Waals surface area contributed by atoms with Gasteiger partial charge in [-0.25, -0.2) is 4.68 Å². The fourth-order valence-corrected chi connectivity index (χ4v) is 2.50. The predicted molar refractivity (Wildman–Crippen MR) is 79.6 cm³/mol. The van der Waals surface area contributed by atoms with Gasteiger partial charge in [0.25, 0.3) is 0 Å². The van der Waals surface area contributed by atoms with Crippen molar-refractivity contribution in [2.45, 2.75) is 45.4 Å². The van der Waals surface area contributed by atoms with Gasteiger partial charge in [0, 0.05) is 25.7 Å². The van der Waals surface area contributed by atoms with E-state index in [9.17, 15) is 4.79 Å². The number of hydrogen-bond donors (Lipinski definition) is 1. The first kappa shape index (κ1) is 16.9. The normalized spacial score (nSPS) is 11.1. The zero-order chi connectivity index (χ0) is 15.0. The van der Waals surface area contributed by atoms with Crippen LogP contribution in [0.1, 0.15) is 27.7 Å². The van der Waals surface area contributed by atoms with Crippen LogP contribution < -0.4 is 5.32 Å². The minimum absolute atomic E-state index is 0.120. The lowest BCUT2D eigenvalue weighted by Gasteiger charge is -2.17. The molecule has 1 aromatic heterocycles. The van der Waals surface area contributed by atoms with Crippen molar-refractivity contribution >= 4 is 17.7 Å². The summed E-state index contributed by atoms with van der Waals surface area (Å²) in [5.74, 6) is 0.495. The number of hydrogen-bond acceptors (Lipinski definition) is 6. The minimum Gasteiger partial charge on any atom is -0.343 e. The Morgan fingerprint density at radius 1 is 1.40 bits per heavy atom. The molecule has 7 nitrogen and oxygen atoms in total. The molecule has 0 aliphatic heterocycles. The molecule has 0 aliphatic carbocycles. The zero-order valence-electron chi connectivity index (χ0n) is 12.7. The van der Waals surface area contributed by atoms with E-state index in [2.05, 4.69) is 34.7 Å². The molecule has 0 bridgehead atoms. The van der Waals surface area contributed by atoms with E-state index in [1.165, 1.54) is 11.8 Å². The highest BCUT2D eigenvalue weighted by Gasteiger charge is 2.13. The largest absolute Gasteiger partial charge is 0.343 e.